The van der Waals surface area contributed by atoms with E-state index in [4.69, 9.17) is 4.42 Å². The molecule has 0 saturated heterocycles. The first-order valence-corrected chi connectivity index (χ1v) is 8.68. The Balaban J connectivity index is 1.45. The van der Waals surface area contributed by atoms with Crippen LogP contribution >= 0.6 is 23.1 Å². The van der Waals surface area contributed by atoms with Gasteiger partial charge in [0.2, 0.25) is 5.89 Å². The van der Waals surface area contributed by atoms with E-state index in [1.54, 1.807) is 29.4 Å². The average Bonchev–Trinajstić information content (AvgIpc) is 2.94. The molecule has 0 amide bonds. The van der Waals surface area contributed by atoms with Crippen molar-refractivity contribution in [3.63, 3.8) is 0 Å². The number of rotatable bonds is 5. The molecule has 1 fully saturated rings. The molecule has 0 N–H and O–H groups in total. The zero-order valence-electron chi connectivity index (χ0n) is 11.5. The summed E-state index contributed by atoms with van der Waals surface area (Å²) in [6.07, 6.45) is 4.20. The van der Waals surface area contributed by atoms with E-state index < -0.39 is 0 Å². The van der Waals surface area contributed by atoms with Crippen LogP contribution in [-0.2, 0) is 12.8 Å². The van der Waals surface area contributed by atoms with Crippen molar-refractivity contribution < 1.29 is 4.42 Å². The maximum absolute atomic E-state index is 5.52. The van der Waals surface area contributed by atoms with E-state index >= 15 is 0 Å². The van der Waals surface area contributed by atoms with Crippen LogP contribution in [0.25, 0.3) is 10.8 Å². The number of oxazole rings is 1. The Hall–Kier alpha value is -1.60. The van der Waals surface area contributed by atoms with Crippen LogP contribution in [0.3, 0.4) is 0 Å². The first-order chi connectivity index (χ1) is 10.3. The van der Waals surface area contributed by atoms with Gasteiger partial charge in [0.1, 0.15) is 12.1 Å². The molecule has 1 saturated carbocycles. The second-order valence-corrected chi connectivity index (χ2v) is 6.97. The molecule has 0 aliphatic heterocycles. The molecule has 0 atom stereocenters. The van der Waals surface area contributed by atoms with Crippen molar-refractivity contribution in [1.29, 1.82) is 0 Å². The molecule has 0 bridgehead atoms. The highest BCUT2D eigenvalue weighted by atomic mass is 32.2. The molecule has 1 aliphatic rings. The Bertz CT molecular complexity index is 743. The van der Waals surface area contributed by atoms with Crippen molar-refractivity contribution >= 4 is 23.1 Å². The Labute approximate surface area is 130 Å². The number of nitrogens with zero attached hydrogens (tertiary/aromatic N) is 4. The van der Waals surface area contributed by atoms with Crippen molar-refractivity contribution in [3.8, 4) is 10.8 Å². The fraction of sp³-hybridized carbons (Fsp3) is 0.357. The van der Waals surface area contributed by atoms with E-state index in [-0.39, 0.29) is 0 Å². The van der Waals surface area contributed by atoms with Gasteiger partial charge in [-0.15, -0.1) is 21.5 Å². The lowest BCUT2D eigenvalue weighted by Crippen LogP contribution is -1.97. The van der Waals surface area contributed by atoms with Crippen LogP contribution < -0.4 is 0 Å². The third kappa shape index (κ3) is 2.63. The summed E-state index contributed by atoms with van der Waals surface area (Å²) in [6.45, 7) is 0. The molecular weight excluding hydrogens is 304 g/mol. The number of hydrogen-bond donors (Lipinski definition) is 0. The van der Waals surface area contributed by atoms with Gasteiger partial charge in [-0.2, -0.15) is 0 Å². The minimum Gasteiger partial charge on any atom is -0.444 e. The molecular formula is C14H14N4OS2. The maximum atomic E-state index is 5.52. The molecule has 5 nitrogen and oxygen atoms in total. The fourth-order valence-electron chi connectivity index (χ4n) is 2.17. The van der Waals surface area contributed by atoms with Gasteiger partial charge in [0, 0.05) is 18.7 Å². The summed E-state index contributed by atoms with van der Waals surface area (Å²) in [5.41, 5.74) is 0.930. The quantitative estimate of drug-likeness (QED) is 0.671. The molecule has 0 radical (unpaired) electrons. The molecule has 0 unspecified atom stereocenters. The van der Waals surface area contributed by atoms with Gasteiger partial charge in [0.05, 0.1) is 10.6 Å². The molecule has 0 aromatic carbocycles. The molecule has 0 spiro atoms. The smallest absolute Gasteiger partial charge is 0.236 e. The van der Waals surface area contributed by atoms with E-state index in [0.717, 1.165) is 27.3 Å². The maximum Gasteiger partial charge on any atom is 0.236 e. The van der Waals surface area contributed by atoms with E-state index in [2.05, 4.69) is 19.7 Å². The molecule has 108 valence electrons. The molecule has 3 heterocycles. The highest BCUT2D eigenvalue weighted by molar-refractivity contribution is 7.98. The predicted octanol–water partition coefficient (Wildman–Crippen LogP) is 3.70. The van der Waals surface area contributed by atoms with Crippen molar-refractivity contribution in [2.75, 3.05) is 0 Å². The predicted molar refractivity (Wildman–Crippen MR) is 82.4 cm³/mol. The summed E-state index contributed by atoms with van der Waals surface area (Å²) in [6, 6.07) is 4.01. The topological polar surface area (TPSA) is 56.7 Å². The average molecular weight is 318 g/mol. The monoisotopic (exact) mass is 318 g/mol. The summed E-state index contributed by atoms with van der Waals surface area (Å²) in [5, 5.41) is 11.5. The molecule has 3 aromatic rings. The number of thiophene rings is 1. The van der Waals surface area contributed by atoms with E-state index in [9.17, 15) is 0 Å². The lowest BCUT2D eigenvalue weighted by Gasteiger charge is -2.00. The molecule has 21 heavy (non-hydrogen) atoms. The van der Waals surface area contributed by atoms with Crippen molar-refractivity contribution in [1.82, 2.24) is 19.7 Å². The largest absolute Gasteiger partial charge is 0.444 e. The molecule has 3 aromatic heterocycles. The van der Waals surface area contributed by atoms with Gasteiger partial charge in [-0.3, -0.25) is 0 Å². The zero-order valence-corrected chi connectivity index (χ0v) is 13.2. The molecule has 1 aliphatic carbocycles. The van der Waals surface area contributed by atoms with E-state index in [0.29, 0.717) is 11.8 Å². The standard InChI is InChI=1S/C14H14N4OS2/c1-18-12(9-4-5-9)16-17-14(18)21-8-10-7-19-13(15-10)11-3-2-6-20-11/h2-3,6-7,9H,4-5,8H2,1H3. The summed E-state index contributed by atoms with van der Waals surface area (Å²) < 4.78 is 7.62. The Kier molecular flexibility index (Phi) is 3.31. The third-order valence-electron chi connectivity index (χ3n) is 3.44. The van der Waals surface area contributed by atoms with Crippen LogP contribution in [0.15, 0.2) is 33.3 Å². The highest BCUT2D eigenvalue weighted by Gasteiger charge is 2.29. The third-order valence-corrected chi connectivity index (χ3v) is 5.36. The van der Waals surface area contributed by atoms with Crippen LogP contribution in [0, 0.1) is 0 Å². The molecule has 4 rings (SSSR count). The van der Waals surface area contributed by atoms with Crippen molar-refractivity contribution in [2.45, 2.75) is 29.7 Å². The van der Waals surface area contributed by atoms with Gasteiger partial charge in [-0.05, 0) is 24.3 Å². The van der Waals surface area contributed by atoms with E-state index in [1.807, 2.05) is 24.6 Å². The SMILES string of the molecule is Cn1c(SCc2coc(-c3cccs3)n2)nnc1C1CC1. The normalized spacial score (nSPS) is 14.7. The second-order valence-electron chi connectivity index (χ2n) is 5.08. The van der Waals surface area contributed by atoms with Gasteiger partial charge in [0.15, 0.2) is 5.16 Å². The molecule has 7 heteroatoms. The fourth-order valence-corrected chi connectivity index (χ4v) is 3.62. The summed E-state index contributed by atoms with van der Waals surface area (Å²) in [4.78, 5) is 5.57. The Morgan fingerprint density at radius 2 is 2.33 bits per heavy atom. The first-order valence-electron chi connectivity index (χ1n) is 6.81. The van der Waals surface area contributed by atoms with Crippen LogP contribution in [-0.4, -0.2) is 19.7 Å². The minimum absolute atomic E-state index is 0.620. The van der Waals surface area contributed by atoms with Crippen molar-refractivity contribution in [2.24, 2.45) is 7.05 Å². The van der Waals surface area contributed by atoms with Crippen LogP contribution in [0.4, 0.5) is 0 Å². The number of hydrogen-bond acceptors (Lipinski definition) is 6. The van der Waals surface area contributed by atoms with Gasteiger partial charge in [-0.25, -0.2) is 4.98 Å². The minimum atomic E-state index is 0.620. The summed E-state index contributed by atoms with van der Waals surface area (Å²) in [5.74, 6) is 3.16. The summed E-state index contributed by atoms with van der Waals surface area (Å²) in [7, 11) is 2.04. The Morgan fingerprint density at radius 1 is 1.43 bits per heavy atom. The van der Waals surface area contributed by atoms with Crippen LogP contribution in [0.1, 0.15) is 30.3 Å². The Morgan fingerprint density at radius 3 is 3.10 bits per heavy atom. The van der Waals surface area contributed by atoms with Crippen molar-refractivity contribution in [3.05, 3.63) is 35.3 Å². The second kappa shape index (κ2) is 5.31. The van der Waals surface area contributed by atoms with Gasteiger partial charge in [0.25, 0.3) is 0 Å². The van der Waals surface area contributed by atoms with Gasteiger partial charge < -0.3 is 8.98 Å². The van der Waals surface area contributed by atoms with E-state index in [1.165, 1.54) is 12.8 Å². The number of thioether (sulfide) groups is 1. The van der Waals surface area contributed by atoms with Crippen LogP contribution in [0.2, 0.25) is 0 Å². The van der Waals surface area contributed by atoms with Gasteiger partial charge in [-0.1, -0.05) is 17.8 Å². The van der Waals surface area contributed by atoms with Gasteiger partial charge >= 0.3 is 0 Å². The lowest BCUT2D eigenvalue weighted by molar-refractivity contribution is 0.575. The number of aromatic nitrogens is 4. The summed E-state index contributed by atoms with van der Waals surface area (Å²) >= 11 is 3.28. The first kappa shape index (κ1) is 13.1. The lowest BCUT2D eigenvalue weighted by atomic mass is 10.4. The zero-order chi connectivity index (χ0) is 14.2. The highest BCUT2D eigenvalue weighted by Crippen LogP contribution is 2.39. The van der Waals surface area contributed by atoms with Crippen LogP contribution in [0.5, 0.6) is 0 Å².